The van der Waals surface area contributed by atoms with Crippen LogP contribution >= 0.6 is 0 Å². The van der Waals surface area contributed by atoms with Gasteiger partial charge in [-0.25, -0.2) is 4.68 Å². The third-order valence-electron chi connectivity index (χ3n) is 5.42. The number of hydrogen-bond donors (Lipinski definition) is 1. The number of aromatic nitrogens is 2. The molecule has 0 bridgehead atoms. The van der Waals surface area contributed by atoms with Gasteiger partial charge in [-0.15, -0.1) is 0 Å². The molecular formula is C20H24N4O2. The molecule has 2 heterocycles. The number of para-hydroxylation sites is 1. The van der Waals surface area contributed by atoms with Crippen LogP contribution < -0.4 is 5.32 Å². The molecular weight excluding hydrogens is 328 g/mol. The van der Waals surface area contributed by atoms with Gasteiger partial charge in [0, 0.05) is 37.3 Å². The standard InChI is InChI=1S/C20H24N4O2/c25-19-10-16(14-23(19)17-6-4-5-7-17)20(26)21-11-15-12-22-24(13-15)18-8-2-1-3-9-18/h1-3,8-9,12-13,16-17H,4-7,10-11,14H2,(H,21,26). The lowest BCUT2D eigenvalue weighted by Gasteiger charge is -2.23. The topological polar surface area (TPSA) is 67.2 Å². The first kappa shape index (κ1) is 16.8. The van der Waals surface area contributed by atoms with Gasteiger partial charge < -0.3 is 10.2 Å². The molecule has 26 heavy (non-hydrogen) atoms. The molecule has 1 saturated heterocycles. The second-order valence-corrected chi connectivity index (χ2v) is 7.23. The fourth-order valence-corrected chi connectivity index (χ4v) is 3.98. The Morgan fingerprint density at radius 3 is 2.73 bits per heavy atom. The molecule has 6 nitrogen and oxygen atoms in total. The van der Waals surface area contributed by atoms with Gasteiger partial charge in [0.05, 0.1) is 17.8 Å². The van der Waals surface area contributed by atoms with Gasteiger partial charge in [0.15, 0.2) is 0 Å². The Labute approximate surface area is 153 Å². The van der Waals surface area contributed by atoms with Crippen molar-refractivity contribution >= 4 is 11.8 Å². The van der Waals surface area contributed by atoms with E-state index >= 15 is 0 Å². The van der Waals surface area contributed by atoms with Crippen molar-refractivity contribution in [3.05, 3.63) is 48.3 Å². The minimum Gasteiger partial charge on any atom is -0.352 e. The average Bonchev–Trinajstić information content (AvgIpc) is 3.41. The van der Waals surface area contributed by atoms with Gasteiger partial charge in [-0.05, 0) is 25.0 Å². The van der Waals surface area contributed by atoms with Crippen LogP contribution in [-0.2, 0) is 16.1 Å². The van der Waals surface area contributed by atoms with Crippen LogP contribution in [0.1, 0.15) is 37.7 Å². The molecule has 2 amide bonds. The van der Waals surface area contributed by atoms with Crippen LogP contribution in [0.5, 0.6) is 0 Å². The molecule has 136 valence electrons. The molecule has 1 aromatic heterocycles. The summed E-state index contributed by atoms with van der Waals surface area (Å²) in [5.74, 6) is -0.132. The number of rotatable bonds is 5. The predicted octanol–water partition coefficient (Wildman–Crippen LogP) is 2.28. The van der Waals surface area contributed by atoms with Crippen molar-refractivity contribution in [2.45, 2.75) is 44.7 Å². The highest BCUT2D eigenvalue weighted by Crippen LogP contribution is 2.29. The van der Waals surface area contributed by atoms with Crippen molar-refractivity contribution < 1.29 is 9.59 Å². The van der Waals surface area contributed by atoms with Gasteiger partial charge in [0.2, 0.25) is 11.8 Å². The molecule has 2 fully saturated rings. The summed E-state index contributed by atoms with van der Waals surface area (Å²) in [7, 11) is 0. The molecule has 0 spiro atoms. The Morgan fingerprint density at radius 1 is 1.19 bits per heavy atom. The summed E-state index contributed by atoms with van der Waals surface area (Å²) in [6.45, 7) is 0.998. The summed E-state index contributed by atoms with van der Waals surface area (Å²) in [6, 6.07) is 10.2. The molecule has 1 aliphatic heterocycles. The molecule has 4 rings (SSSR count). The predicted molar refractivity (Wildman–Crippen MR) is 97.5 cm³/mol. The fraction of sp³-hybridized carbons (Fsp3) is 0.450. The van der Waals surface area contributed by atoms with Crippen molar-refractivity contribution in [2.75, 3.05) is 6.54 Å². The monoisotopic (exact) mass is 352 g/mol. The first-order valence-electron chi connectivity index (χ1n) is 9.37. The van der Waals surface area contributed by atoms with E-state index in [0.717, 1.165) is 24.1 Å². The Balaban J connectivity index is 1.32. The summed E-state index contributed by atoms with van der Waals surface area (Å²) >= 11 is 0. The van der Waals surface area contributed by atoms with E-state index < -0.39 is 0 Å². The number of likely N-dealkylation sites (tertiary alicyclic amines) is 1. The second-order valence-electron chi connectivity index (χ2n) is 7.23. The van der Waals surface area contributed by atoms with Crippen LogP contribution in [0.3, 0.4) is 0 Å². The van der Waals surface area contributed by atoms with Gasteiger partial charge >= 0.3 is 0 Å². The number of hydrogen-bond acceptors (Lipinski definition) is 3. The lowest BCUT2D eigenvalue weighted by atomic mass is 10.1. The van der Waals surface area contributed by atoms with Gasteiger partial charge in [0.1, 0.15) is 0 Å². The first-order chi connectivity index (χ1) is 12.7. The zero-order valence-corrected chi connectivity index (χ0v) is 14.8. The van der Waals surface area contributed by atoms with E-state index in [4.69, 9.17) is 0 Å². The summed E-state index contributed by atoms with van der Waals surface area (Å²) in [4.78, 5) is 26.7. The minimum absolute atomic E-state index is 0.0358. The van der Waals surface area contributed by atoms with Crippen LogP contribution in [0.4, 0.5) is 0 Å². The van der Waals surface area contributed by atoms with E-state index in [0.29, 0.717) is 25.6 Å². The number of carbonyl (C=O) groups excluding carboxylic acids is 2. The SMILES string of the molecule is O=C(NCc1cnn(-c2ccccc2)c1)C1CC(=O)N(C2CCCC2)C1. The van der Waals surface area contributed by atoms with Crippen molar-refractivity contribution in [3.63, 3.8) is 0 Å². The third-order valence-corrected chi connectivity index (χ3v) is 5.42. The van der Waals surface area contributed by atoms with E-state index in [2.05, 4.69) is 10.4 Å². The molecule has 6 heteroatoms. The normalized spacial score (nSPS) is 20.7. The summed E-state index contributed by atoms with van der Waals surface area (Å²) in [5.41, 5.74) is 1.93. The molecule has 1 atom stereocenters. The average molecular weight is 352 g/mol. The maximum atomic E-state index is 12.5. The van der Waals surface area contributed by atoms with Gasteiger partial charge in [-0.3, -0.25) is 9.59 Å². The largest absolute Gasteiger partial charge is 0.352 e. The number of nitrogens with zero attached hydrogens (tertiary/aromatic N) is 3. The molecule has 1 saturated carbocycles. The Kier molecular flexibility index (Phi) is 4.73. The van der Waals surface area contributed by atoms with Gasteiger partial charge in [-0.1, -0.05) is 31.0 Å². The van der Waals surface area contributed by atoms with E-state index in [9.17, 15) is 9.59 Å². The smallest absolute Gasteiger partial charge is 0.225 e. The van der Waals surface area contributed by atoms with Crippen molar-refractivity contribution in [1.29, 1.82) is 0 Å². The summed E-state index contributed by atoms with van der Waals surface area (Å²) in [6.07, 6.45) is 8.56. The molecule has 1 unspecified atom stereocenters. The summed E-state index contributed by atoms with van der Waals surface area (Å²) < 4.78 is 1.79. The Hall–Kier alpha value is -2.63. The van der Waals surface area contributed by atoms with Gasteiger partial charge in [0.25, 0.3) is 0 Å². The zero-order chi connectivity index (χ0) is 17.9. The van der Waals surface area contributed by atoms with Crippen LogP contribution in [0, 0.1) is 5.92 Å². The fourth-order valence-electron chi connectivity index (χ4n) is 3.98. The highest BCUT2D eigenvalue weighted by atomic mass is 16.2. The molecule has 2 aliphatic rings. The lowest BCUT2D eigenvalue weighted by molar-refractivity contribution is -0.130. The molecule has 1 N–H and O–H groups in total. The van der Waals surface area contributed by atoms with E-state index in [1.807, 2.05) is 41.4 Å². The highest BCUT2D eigenvalue weighted by molar-refractivity contribution is 5.89. The molecule has 2 aromatic rings. The zero-order valence-electron chi connectivity index (χ0n) is 14.8. The third kappa shape index (κ3) is 3.49. The van der Waals surface area contributed by atoms with E-state index in [1.54, 1.807) is 10.9 Å². The summed E-state index contributed by atoms with van der Waals surface area (Å²) in [5, 5.41) is 7.31. The number of amides is 2. The molecule has 0 radical (unpaired) electrons. The van der Waals surface area contributed by atoms with Crippen LogP contribution in [0.2, 0.25) is 0 Å². The first-order valence-corrected chi connectivity index (χ1v) is 9.37. The maximum Gasteiger partial charge on any atom is 0.225 e. The number of benzene rings is 1. The van der Waals surface area contributed by atoms with Crippen LogP contribution in [0.25, 0.3) is 5.69 Å². The van der Waals surface area contributed by atoms with Crippen molar-refractivity contribution in [1.82, 2.24) is 20.0 Å². The quantitative estimate of drug-likeness (QED) is 0.898. The van der Waals surface area contributed by atoms with Crippen LogP contribution in [-0.4, -0.2) is 39.1 Å². The van der Waals surface area contributed by atoms with Crippen molar-refractivity contribution in [3.8, 4) is 5.69 Å². The highest BCUT2D eigenvalue weighted by Gasteiger charge is 2.38. The second kappa shape index (κ2) is 7.32. The van der Waals surface area contributed by atoms with E-state index in [-0.39, 0.29) is 17.7 Å². The van der Waals surface area contributed by atoms with E-state index in [1.165, 1.54) is 12.8 Å². The minimum atomic E-state index is -0.229. The Bertz CT molecular complexity index is 780. The van der Waals surface area contributed by atoms with Crippen LogP contribution in [0.15, 0.2) is 42.7 Å². The Morgan fingerprint density at radius 2 is 1.96 bits per heavy atom. The number of nitrogens with one attached hydrogen (secondary N) is 1. The van der Waals surface area contributed by atoms with Crippen molar-refractivity contribution in [2.24, 2.45) is 5.92 Å². The lowest BCUT2D eigenvalue weighted by Crippen LogP contribution is -2.36. The molecule has 1 aromatic carbocycles. The number of carbonyl (C=O) groups is 2. The maximum absolute atomic E-state index is 12.5. The molecule has 1 aliphatic carbocycles. The van der Waals surface area contributed by atoms with Gasteiger partial charge in [-0.2, -0.15) is 5.10 Å².